The Hall–Kier alpha value is -3.81. The number of rotatable bonds is 6. The predicted octanol–water partition coefficient (Wildman–Crippen LogP) is 6.53. The van der Waals surface area contributed by atoms with Crippen molar-refractivity contribution in [1.82, 2.24) is 19.4 Å². The number of carbonyl (C=O) groups is 1. The second-order valence-corrected chi connectivity index (χ2v) is 9.88. The van der Waals surface area contributed by atoms with Crippen molar-refractivity contribution in [3.63, 3.8) is 0 Å². The molecule has 5 rings (SSSR count). The van der Waals surface area contributed by atoms with E-state index in [0.29, 0.717) is 5.56 Å². The van der Waals surface area contributed by atoms with E-state index < -0.39 is 49.3 Å². The molecule has 4 aromatic rings. The number of piperidine rings is 1. The minimum atomic E-state index is -4.81. The Bertz CT molecular complexity index is 1620. The van der Waals surface area contributed by atoms with Crippen LogP contribution in [0, 0.1) is 0 Å². The zero-order chi connectivity index (χ0) is 29.0. The van der Waals surface area contributed by atoms with Crippen molar-refractivity contribution in [3.8, 4) is 0 Å². The fraction of sp³-hybridized carbons (Fsp3) is 0.360. The maximum Gasteiger partial charge on any atom is 0.434 e. The summed E-state index contributed by atoms with van der Waals surface area (Å²) in [6.45, 7) is 0.339. The summed E-state index contributed by atoms with van der Waals surface area (Å²) < 4.78 is 83.9. The van der Waals surface area contributed by atoms with E-state index in [4.69, 9.17) is 11.6 Å². The summed E-state index contributed by atoms with van der Waals surface area (Å²) in [4.78, 5) is 25.4. The number of hydrogen-bond donors (Lipinski definition) is 2. The number of nitrogens with zero attached hydrogens (tertiary/aromatic N) is 5. The fourth-order valence-electron chi connectivity index (χ4n) is 4.72. The minimum Gasteiger partial charge on any atom is -0.476 e. The monoisotopic (exact) mass is 586 g/mol. The van der Waals surface area contributed by atoms with Crippen molar-refractivity contribution in [3.05, 3.63) is 58.1 Å². The van der Waals surface area contributed by atoms with Gasteiger partial charge in [0.05, 0.1) is 17.2 Å². The van der Waals surface area contributed by atoms with Crippen LogP contribution in [0.5, 0.6) is 0 Å². The number of carboxylic acids is 1. The van der Waals surface area contributed by atoms with Crippen molar-refractivity contribution in [1.29, 1.82) is 0 Å². The fourth-order valence-corrected chi connectivity index (χ4v) is 4.86. The topological polar surface area (TPSA) is 95.6 Å². The van der Waals surface area contributed by atoms with Gasteiger partial charge in [-0.25, -0.2) is 32.9 Å². The van der Waals surface area contributed by atoms with Crippen LogP contribution in [0.25, 0.3) is 16.6 Å². The molecule has 1 saturated heterocycles. The lowest BCUT2D eigenvalue weighted by molar-refractivity contribution is -0.140. The number of pyridine rings is 1. The number of imidazole rings is 1. The van der Waals surface area contributed by atoms with Crippen LogP contribution in [0.1, 0.15) is 53.1 Å². The first-order valence-electron chi connectivity index (χ1n) is 12.1. The number of anilines is 2. The Morgan fingerprint density at radius 1 is 1.18 bits per heavy atom. The number of alkyl halides is 6. The minimum absolute atomic E-state index is 0.0261. The molecular formula is C25H21ClF6N6O2. The number of aromatic nitrogens is 4. The van der Waals surface area contributed by atoms with Crippen molar-refractivity contribution >= 4 is 45.8 Å². The van der Waals surface area contributed by atoms with Crippen molar-refractivity contribution < 1.29 is 36.2 Å². The number of aromatic carboxylic acids is 1. The van der Waals surface area contributed by atoms with Crippen molar-refractivity contribution in [2.45, 2.75) is 44.6 Å². The maximum absolute atomic E-state index is 13.9. The number of nitrogens with one attached hydrogen (secondary N) is 1. The molecule has 212 valence electrons. The molecule has 4 heterocycles. The SMILES string of the molecule is C[C@@H](Nc1ccc(Cl)nc1C(=O)O)c1cc(CF)cc2c1nc(N1CCC(F)(F)CC1)n1cc(C(F)(F)F)nc21. The van der Waals surface area contributed by atoms with Gasteiger partial charge in [0, 0.05) is 43.1 Å². The van der Waals surface area contributed by atoms with Gasteiger partial charge in [0.1, 0.15) is 17.5 Å². The van der Waals surface area contributed by atoms with Crippen LogP contribution in [0.4, 0.5) is 38.0 Å². The third-order valence-electron chi connectivity index (χ3n) is 6.70. The number of hydrogen-bond acceptors (Lipinski definition) is 6. The molecule has 0 aliphatic carbocycles. The molecule has 0 bridgehead atoms. The maximum atomic E-state index is 13.9. The summed E-state index contributed by atoms with van der Waals surface area (Å²) in [5.41, 5.74) is -1.10. The largest absolute Gasteiger partial charge is 0.476 e. The molecule has 0 spiro atoms. The molecule has 3 aromatic heterocycles. The Kier molecular flexibility index (Phi) is 6.92. The van der Waals surface area contributed by atoms with Crippen LogP contribution < -0.4 is 10.2 Å². The molecule has 1 fully saturated rings. The molecule has 0 unspecified atom stereocenters. The Labute approximate surface area is 227 Å². The molecule has 1 atom stereocenters. The van der Waals surface area contributed by atoms with Crippen LogP contribution in [0.3, 0.4) is 0 Å². The van der Waals surface area contributed by atoms with E-state index in [-0.39, 0.29) is 57.7 Å². The molecule has 2 N–H and O–H groups in total. The number of fused-ring (bicyclic) bond motifs is 3. The van der Waals surface area contributed by atoms with Gasteiger partial charge in [0.25, 0.3) is 5.92 Å². The lowest BCUT2D eigenvalue weighted by Crippen LogP contribution is -2.40. The second-order valence-electron chi connectivity index (χ2n) is 9.49. The van der Waals surface area contributed by atoms with Crippen LogP contribution >= 0.6 is 11.6 Å². The molecule has 8 nitrogen and oxygen atoms in total. The van der Waals surface area contributed by atoms with Crippen LogP contribution in [-0.4, -0.2) is 49.4 Å². The van der Waals surface area contributed by atoms with E-state index in [1.54, 1.807) is 6.92 Å². The highest BCUT2D eigenvalue weighted by atomic mass is 35.5. The Morgan fingerprint density at radius 2 is 1.88 bits per heavy atom. The van der Waals surface area contributed by atoms with Gasteiger partial charge in [-0.05, 0) is 36.8 Å². The molecule has 40 heavy (non-hydrogen) atoms. The zero-order valence-electron chi connectivity index (χ0n) is 20.7. The van der Waals surface area contributed by atoms with Crippen LogP contribution in [-0.2, 0) is 12.9 Å². The summed E-state index contributed by atoms with van der Waals surface area (Å²) in [5.74, 6) is -4.30. The van der Waals surface area contributed by atoms with Gasteiger partial charge >= 0.3 is 12.1 Å². The average molecular weight is 587 g/mol. The second kappa shape index (κ2) is 9.98. The van der Waals surface area contributed by atoms with Crippen LogP contribution in [0.2, 0.25) is 5.15 Å². The highest BCUT2D eigenvalue weighted by Crippen LogP contribution is 2.37. The van der Waals surface area contributed by atoms with E-state index in [9.17, 15) is 36.2 Å². The van der Waals surface area contributed by atoms with Gasteiger partial charge in [-0.15, -0.1) is 0 Å². The molecule has 1 aliphatic rings. The van der Waals surface area contributed by atoms with Crippen molar-refractivity contribution in [2.24, 2.45) is 0 Å². The average Bonchev–Trinajstić information content (AvgIpc) is 3.35. The first-order valence-corrected chi connectivity index (χ1v) is 12.4. The van der Waals surface area contributed by atoms with Gasteiger partial charge in [-0.2, -0.15) is 13.2 Å². The first kappa shape index (κ1) is 27.7. The number of carboxylic acid groups (broad SMARTS) is 1. The van der Waals surface area contributed by atoms with E-state index in [1.807, 2.05) is 0 Å². The predicted molar refractivity (Wildman–Crippen MR) is 135 cm³/mol. The normalized spacial score (nSPS) is 16.4. The van der Waals surface area contributed by atoms with Crippen LogP contribution in [0.15, 0.2) is 30.5 Å². The molecule has 0 amide bonds. The smallest absolute Gasteiger partial charge is 0.434 e. The highest BCUT2D eigenvalue weighted by Gasteiger charge is 2.38. The molecule has 15 heteroatoms. The van der Waals surface area contributed by atoms with E-state index >= 15 is 0 Å². The molecular weight excluding hydrogens is 566 g/mol. The number of halogens is 7. The number of benzene rings is 1. The van der Waals surface area contributed by atoms with E-state index in [0.717, 1.165) is 10.6 Å². The molecule has 0 saturated carbocycles. The molecule has 0 radical (unpaired) electrons. The molecule has 1 aromatic carbocycles. The summed E-state index contributed by atoms with van der Waals surface area (Å²) in [5, 5.41) is 12.6. The van der Waals surface area contributed by atoms with Gasteiger partial charge in [-0.1, -0.05) is 11.6 Å². The first-order chi connectivity index (χ1) is 18.8. The summed E-state index contributed by atoms with van der Waals surface area (Å²) in [6, 6.07) is 4.79. The third-order valence-corrected chi connectivity index (χ3v) is 6.91. The summed E-state index contributed by atoms with van der Waals surface area (Å²) >= 11 is 5.84. The van der Waals surface area contributed by atoms with Crippen molar-refractivity contribution in [2.75, 3.05) is 23.3 Å². The highest BCUT2D eigenvalue weighted by molar-refractivity contribution is 6.29. The lowest BCUT2D eigenvalue weighted by Gasteiger charge is -2.33. The summed E-state index contributed by atoms with van der Waals surface area (Å²) in [7, 11) is 0. The van der Waals surface area contributed by atoms with E-state index in [1.165, 1.54) is 29.2 Å². The van der Waals surface area contributed by atoms with Gasteiger partial charge in [0.15, 0.2) is 11.4 Å². The Balaban J connectivity index is 1.71. The van der Waals surface area contributed by atoms with Gasteiger partial charge < -0.3 is 15.3 Å². The quantitative estimate of drug-likeness (QED) is 0.196. The summed E-state index contributed by atoms with van der Waals surface area (Å²) in [6.07, 6.45) is -5.09. The zero-order valence-corrected chi connectivity index (χ0v) is 21.5. The molecule has 1 aliphatic heterocycles. The third kappa shape index (κ3) is 5.19. The standard InChI is InChI=1S/C25H21ClF6N6O2/c1-12(33-16-2-3-18(26)35-20(16)22(39)40)14-8-13(10-27)9-15-19(14)36-23(37-6-4-24(28,29)5-7-37)38-11-17(25(30,31)32)34-21(15)38/h2-3,8-9,11-12,33H,4-7,10H2,1H3,(H,39,40)/t12-/m1/s1. The lowest BCUT2D eigenvalue weighted by atomic mass is 10.0. The van der Waals surface area contributed by atoms with Gasteiger partial charge in [-0.3, -0.25) is 4.40 Å². The van der Waals surface area contributed by atoms with E-state index in [2.05, 4.69) is 20.3 Å². The Morgan fingerprint density at radius 3 is 2.50 bits per heavy atom. The van der Waals surface area contributed by atoms with Gasteiger partial charge in [0.2, 0.25) is 5.95 Å².